The quantitative estimate of drug-likeness (QED) is 0.873. The van der Waals surface area contributed by atoms with Crippen molar-refractivity contribution in [2.45, 2.75) is 26.4 Å². The Kier molecular flexibility index (Phi) is 3.59. The van der Waals surface area contributed by atoms with Gasteiger partial charge in [0.05, 0.1) is 12.3 Å². The van der Waals surface area contributed by atoms with E-state index in [1.165, 1.54) is 6.07 Å². The maximum absolute atomic E-state index is 12.9. The Balaban J connectivity index is 1.98. The highest BCUT2D eigenvalue weighted by Crippen LogP contribution is 2.15. The number of nitrogens with one attached hydrogen (secondary N) is 1. The lowest BCUT2D eigenvalue weighted by atomic mass is 10.1. The molecule has 2 aromatic rings. The fraction of sp³-hybridized carbons (Fsp3) is 0.286. The fourth-order valence-corrected chi connectivity index (χ4v) is 1.76. The molecule has 0 aliphatic carbocycles. The van der Waals surface area contributed by atoms with Gasteiger partial charge in [-0.1, -0.05) is 6.07 Å². The summed E-state index contributed by atoms with van der Waals surface area (Å²) >= 11 is 0. The number of halogens is 1. The largest absolute Gasteiger partial charge is 0.468 e. The van der Waals surface area contributed by atoms with Crippen LogP contribution in [0.4, 0.5) is 4.39 Å². The van der Waals surface area contributed by atoms with Crippen LogP contribution in [0, 0.1) is 12.7 Å². The second-order valence-electron chi connectivity index (χ2n) is 4.19. The second-order valence-corrected chi connectivity index (χ2v) is 4.19. The Morgan fingerprint density at radius 3 is 2.82 bits per heavy atom. The summed E-state index contributed by atoms with van der Waals surface area (Å²) in [5.41, 5.74) is 2.06. The standard InChI is InChI=1S/C14H16FNO/c1-10-8-13(15)6-5-12(10)9-16-11(2)14-4-3-7-17-14/h3-8,11,16H,9H2,1-2H3/t11-/m1/s1. The molecule has 0 fully saturated rings. The van der Waals surface area contributed by atoms with Crippen molar-refractivity contribution in [3.63, 3.8) is 0 Å². The predicted octanol–water partition coefficient (Wildman–Crippen LogP) is 3.58. The molecule has 17 heavy (non-hydrogen) atoms. The summed E-state index contributed by atoms with van der Waals surface area (Å²) in [6, 6.07) is 8.81. The Morgan fingerprint density at radius 2 is 2.18 bits per heavy atom. The van der Waals surface area contributed by atoms with E-state index >= 15 is 0 Å². The van der Waals surface area contributed by atoms with Crippen LogP contribution < -0.4 is 5.32 Å². The van der Waals surface area contributed by atoms with Gasteiger partial charge >= 0.3 is 0 Å². The number of benzene rings is 1. The molecule has 1 heterocycles. The van der Waals surface area contributed by atoms with Crippen molar-refractivity contribution in [1.29, 1.82) is 0 Å². The van der Waals surface area contributed by atoms with Crippen LogP contribution in [0.25, 0.3) is 0 Å². The molecule has 90 valence electrons. The van der Waals surface area contributed by atoms with Gasteiger partial charge in [0.1, 0.15) is 11.6 Å². The van der Waals surface area contributed by atoms with Crippen molar-refractivity contribution in [1.82, 2.24) is 5.32 Å². The number of hydrogen-bond acceptors (Lipinski definition) is 2. The van der Waals surface area contributed by atoms with Crippen molar-refractivity contribution in [2.24, 2.45) is 0 Å². The van der Waals surface area contributed by atoms with Crippen molar-refractivity contribution in [3.8, 4) is 0 Å². The summed E-state index contributed by atoms with van der Waals surface area (Å²) in [6.45, 7) is 4.66. The first-order valence-electron chi connectivity index (χ1n) is 5.68. The molecule has 0 spiro atoms. The lowest BCUT2D eigenvalue weighted by Crippen LogP contribution is -2.18. The smallest absolute Gasteiger partial charge is 0.123 e. The summed E-state index contributed by atoms with van der Waals surface area (Å²) < 4.78 is 18.2. The average molecular weight is 233 g/mol. The molecule has 0 aliphatic rings. The third-order valence-electron chi connectivity index (χ3n) is 2.87. The van der Waals surface area contributed by atoms with Crippen LogP contribution in [0.1, 0.15) is 29.9 Å². The molecule has 0 bridgehead atoms. The molecule has 0 saturated carbocycles. The fourth-order valence-electron chi connectivity index (χ4n) is 1.76. The molecule has 0 radical (unpaired) electrons. The average Bonchev–Trinajstić information content (AvgIpc) is 2.81. The minimum atomic E-state index is -0.190. The topological polar surface area (TPSA) is 25.2 Å². The molecule has 1 N–H and O–H groups in total. The summed E-state index contributed by atoms with van der Waals surface area (Å²) in [5.74, 6) is 0.718. The van der Waals surface area contributed by atoms with E-state index in [-0.39, 0.29) is 11.9 Å². The van der Waals surface area contributed by atoms with Gasteiger partial charge in [0.2, 0.25) is 0 Å². The zero-order valence-electron chi connectivity index (χ0n) is 10.0. The van der Waals surface area contributed by atoms with E-state index < -0.39 is 0 Å². The van der Waals surface area contributed by atoms with E-state index in [9.17, 15) is 4.39 Å². The minimum absolute atomic E-state index is 0.148. The van der Waals surface area contributed by atoms with Crippen LogP contribution in [-0.4, -0.2) is 0 Å². The van der Waals surface area contributed by atoms with E-state index in [4.69, 9.17) is 4.42 Å². The zero-order chi connectivity index (χ0) is 12.3. The molecule has 0 aliphatic heterocycles. The molecule has 3 heteroatoms. The number of rotatable bonds is 4. The van der Waals surface area contributed by atoms with E-state index in [0.29, 0.717) is 6.54 Å². The van der Waals surface area contributed by atoms with Gasteiger partial charge in [-0.2, -0.15) is 0 Å². The predicted molar refractivity (Wildman–Crippen MR) is 65.1 cm³/mol. The Bertz CT molecular complexity index is 479. The molecular weight excluding hydrogens is 217 g/mol. The van der Waals surface area contributed by atoms with E-state index in [1.54, 1.807) is 12.3 Å². The van der Waals surface area contributed by atoms with Gasteiger partial charge in [0.15, 0.2) is 0 Å². The third kappa shape index (κ3) is 2.94. The van der Waals surface area contributed by atoms with Gasteiger partial charge in [-0.3, -0.25) is 0 Å². The molecular formula is C14H16FNO. The maximum atomic E-state index is 12.9. The molecule has 0 amide bonds. The second kappa shape index (κ2) is 5.15. The van der Waals surface area contributed by atoms with Crippen LogP contribution >= 0.6 is 0 Å². The lowest BCUT2D eigenvalue weighted by Gasteiger charge is -2.12. The number of furan rings is 1. The van der Waals surface area contributed by atoms with Crippen molar-refractivity contribution >= 4 is 0 Å². The van der Waals surface area contributed by atoms with E-state index in [1.807, 2.05) is 32.0 Å². The summed E-state index contributed by atoms with van der Waals surface area (Å²) in [5, 5.41) is 3.35. The van der Waals surface area contributed by atoms with Crippen molar-refractivity contribution in [2.75, 3.05) is 0 Å². The SMILES string of the molecule is Cc1cc(F)ccc1CN[C@H](C)c1ccco1. The molecule has 1 atom stereocenters. The molecule has 0 saturated heterocycles. The molecule has 2 nitrogen and oxygen atoms in total. The summed E-state index contributed by atoms with van der Waals surface area (Å²) in [6.07, 6.45) is 1.66. The highest BCUT2D eigenvalue weighted by molar-refractivity contribution is 5.26. The molecule has 1 aromatic carbocycles. The van der Waals surface area contributed by atoms with E-state index in [2.05, 4.69) is 5.32 Å². The van der Waals surface area contributed by atoms with Crippen LogP contribution in [0.15, 0.2) is 41.0 Å². The van der Waals surface area contributed by atoms with Crippen LogP contribution in [-0.2, 0) is 6.54 Å². The molecule has 0 unspecified atom stereocenters. The lowest BCUT2D eigenvalue weighted by molar-refractivity contribution is 0.430. The van der Waals surface area contributed by atoms with Gasteiger partial charge in [0, 0.05) is 6.54 Å². The molecule has 1 aromatic heterocycles. The highest BCUT2D eigenvalue weighted by atomic mass is 19.1. The monoisotopic (exact) mass is 233 g/mol. The minimum Gasteiger partial charge on any atom is -0.468 e. The maximum Gasteiger partial charge on any atom is 0.123 e. The van der Waals surface area contributed by atoms with Crippen LogP contribution in [0.5, 0.6) is 0 Å². The van der Waals surface area contributed by atoms with Gasteiger partial charge in [-0.05, 0) is 49.2 Å². The first-order valence-corrected chi connectivity index (χ1v) is 5.68. The zero-order valence-corrected chi connectivity index (χ0v) is 10.0. The van der Waals surface area contributed by atoms with Gasteiger partial charge in [0.25, 0.3) is 0 Å². The van der Waals surface area contributed by atoms with Gasteiger partial charge in [-0.25, -0.2) is 4.39 Å². The van der Waals surface area contributed by atoms with Crippen LogP contribution in [0.3, 0.4) is 0 Å². The first kappa shape index (κ1) is 11.9. The number of aryl methyl sites for hydroxylation is 1. The van der Waals surface area contributed by atoms with Gasteiger partial charge < -0.3 is 9.73 Å². The van der Waals surface area contributed by atoms with Crippen molar-refractivity contribution in [3.05, 3.63) is 59.3 Å². The first-order chi connectivity index (χ1) is 8.16. The normalized spacial score (nSPS) is 12.6. The number of hydrogen-bond donors (Lipinski definition) is 1. The summed E-state index contributed by atoms with van der Waals surface area (Å²) in [7, 11) is 0. The highest BCUT2D eigenvalue weighted by Gasteiger charge is 2.08. The Labute approximate surface area is 100 Å². The Hall–Kier alpha value is -1.61. The Morgan fingerprint density at radius 1 is 1.35 bits per heavy atom. The summed E-state index contributed by atoms with van der Waals surface area (Å²) in [4.78, 5) is 0. The third-order valence-corrected chi connectivity index (χ3v) is 2.87. The van der Waals surface area contributed by atoms with Crippen LogP contribution in [0.2, 0.25) is 0 Å². The van der Waals surface area contributed by atoms with Crippen molar-refractivity contribution < 1.29 is 8.81 Å². The van der Waals surface area contributed by atoms with Gasteiger partial charge in [-0.15, -0.1) is 0 Å². The van der Waals surface area contributed by atoms with E-state index in [0.717, 1.165) is 16.9 Å². The molecule has 2 rings (SSSR count).